The predicted molar refractivity (Wildman–Crippen MR) is 109 cm³/mol. The average molecular weight is 381 g/mol. The number of imidazole rings is 1. The van der Waals surface area contributed by atoms with Crippen molar-refractivity contribution >= 4 is 33.9 Å². The van der Waals surface area contributed by atoms with Crippen molar-refractivity contribution in [2.45, 2.75) is 32.9 Å². The molecule has 4 rings (SSSR count). The number of rotatable bonds is 6. The number of aromatic nitrogens is 4. The van der Waals surface area contributed by atoms with Crippen molar-refractivity contribution < 1.29 is 4.74 Å². The Kier molecular flexibility index (Phi) is 5.05. The molecule has 138 valence electrons. The zero-order valence-electron chi connectivity index (χ0n) is 15.4. The van der Waals surface area contributed by atoms with Crippen LogP contribution in [0.15, 0.2) is 48.5 Å². The highest BCUT2D eigenvalue weighted by Gasteiger charge is 2.16. The van der Waals surface area contributed by atoms with Gasteiger partial charge in [0.2, 0.25) is 0 Å². The second-order valence-corrected chi connectivity index (χ2v) is 7.16. The van der Waals surface area contributed by atoms with Gasteiger partial charge < -0.3 is 9.30 Å². The van der Waals surface area contributed by atoms with E-state index in [1.54, 1.807) is 0 Å². The molecule has 27 heavy (non-hydrogen) atoms. The molecular formula is C21H21ClN4O. The molecule has 2 aromatic carbocycles. The van der Waals surface area contributed by atoms with E-state index in [2.05, 4.69) is 4.57 Å². The Bertz CT molecular complexity index is 1070. The maximum absolute atomic E-state index is 6.05. The summed E-state index contributed by atoms with van der Waals surface area (Å²) in [5, 5.41) is 0.703. The van der Waals surface area contributed by atoms with Crippen LogP contribution in [0, 0.1) is 0 Å². The first-order valence-electron chi connectivity index (χ1n) is 9.12. The summed E-state index contributed by atoms with van der Waals surface area (Å²) >= 11 is 6.05. The third kappa shape index (κ3) is 3.80. The summed E-state index contributed by atoms with van der Waals surface area (Å²) in [5.41, 5.74) is 4.16. The molecule has 0 aliphatic heterocycles. The summed E-state index contributed by atoms with van der Waals surface area (Å²) in [6, 6.07) is 15.6. The van der Waals surface area contributed by atoms with Crippen LogP contribution in [0.25, 0.3) is 33.7 Å². The van der Waals surface area contributed by atoms with Crippen LogP contribution in [0.3, 0.4) is 0 Å². The highest BCUT2D eigenvalue weighted by molar-refractivity contribution is 6.30. The summed E-state index contributed by atoms with van der Waals surface area (Å²) in [6.07, 6.45) is 1.10. The lowest BCUT2D eigenvalue weighted by molar-refractivity contribution is 0.0750. The number of halogens is 1. The topological polar surface area (TPSA) is 52.8 Å². The van der Waals surface area contributed by atoms with Gasteiger partial charge in [-0.2, -0.15) is 0 Å². The van der Waals surface area contributed by atoms with Gasteiger partial charge in [0.1, 0.15) is 5.82 Å². The molecule has 0 saturated heterocycles. The van der Waals surface area contributed by atoms with Gasteiger partial charge in [-0.3, -0.25) is 0 Å². The molecule has 0 aliphatic carbocycles. The quantitative estimate of drug-likeness (QED) is 0.436. The summed E-state index contributed by atoms with van der Waals surface area (Å²) < 4.78 is 7.82. The van der Waals surface area contributed by atoms with Crippen LogP contribution >= 0.6 is 11.6 Å². The van der Waals surface area contributed by atoms with E-state index < -0.39 is 0 Å². The molecule has 0 atom stereocenters. The second kappa shape index (κ2) is 7.62. The Morgan fingerprint density at radius 2 is 1.67 bits per heavy atom. The zero-order valence-corrected chi connectivity index (χ0v) is 16.1. The number of ether oxygens (including phenoxy) is 1. The van der Waals surface area contributed by atoms with Crippen LogP contribution in [0.1, 0.15) is 20.3 Å². The van der Waals surface area contributed by atoms with Gasteiger partial charge in [0.25, 0.3) is 0 Å². The van der Waals surface area contributed by atoms with Crippen molar-refractivity contribution in [2.75, 3.05) is 6.61 Å². The number of fused-ring (bicyclic) bond motifs is 2. The molecule has 0 spiro atoms. The van der Waals surface area contributed by atoms with E-state index in [1.807, 2.05) is 62.4 Å². The van der Waals surface area contributed by atoms with Crippen molar-refractivity contribution in [2.24, 2.45) is 0 Å². The molecule has 0 fully saturated rings. The number of hydrogen-bond acceptors (Lipinski definition) is 4. The molecule has 5 nitrogen and oxygen atoms in total. The van der Waals surface area contributed by atoms with Crippen molar-refractivity contribution in [1.29, 1.82) is 0 Å². The fourth-order valence-corrected chi connectivity index (χ4v) is 3.20. The van der Waals surface area contributed by atoms with Gasteiger partial charge in [0.15, 0.2) is 11.3 Å². The maximum Gasteiger partial charge on any atom is 0.198 e. The lowest BCUT2D eigenvalue weighted by atomic mass is 10.2. The van der Waals surface area contributed by atoms with Crippen LogP contribution in [0.2, 0.25) is 5.02 Å². The molecule has 0 amide bonds. The molecule has 0 N–H and O–H groups in total. The van der Waals surface area contributed by atoms with E-state index in [1.165, 1.54) is 0 Å². The summed E-state index contributed by atoms with van der Waals surface area (Å²) in [5.74, 6) is 0.849. The summed E-state index contributed by atoms with van der Waals surface area (Å²) in [6.45, 7) is 5.54. The van der Waals surface area contributed by atoms with Crippen molar-refractivity contribution in [3.05, 3.63) is 53.6 Å². The van der Waals surface area contributed by atoms with Gasteiger partial charge in [-0.1, -0.05) is 23.7 Å². The van der Waals surface area contributed by atoms with Crippen molar-refractivity contribution in [1.82, 2.24) is 19.5 Å². The minimum absolute atomic E-state index is 0.226. The number of hydrogen-bond donors (Lipinski definition) is 0. The molecule has 0 unspecified atom stereocenters. The van der Waals surface area contributed by atoms with Crippen LogP contribution in [0.4, 0.5) is 0 Å². The third-order valence-electron chi connectivity index (χ3n) is 4.34. The molecule has 6 heteroatoms. The fraction of sp³-hybridized carbons (Fsp3) is 0.286. The monoisotopic (exact) mass is 380 g/mol. The maximum atomic E-state index is 6.05. The fourth-order valence-electron chi connectivity index (χ4n) is 3.07. The van der Waals surface area contributed by atoms with Gasteiger partial charge in [0.05, 0.1) is 17.1 Å². The highest BCUT2D eigenvalue weighted by Crippen LogP contribution is 2.26. The van der Waals surface area contributed by atoms with Gasteiger partial charge >= 0.3 is 0 Å². The van der Waals surface area contributed by atoms with E-state index in [-0.39, 0.29) is 6.10 Å². The zero-order chi connectivity index (χ0) is 18.8. The average Bonchev–Trinajstić information content (AvgIpc) is 3.01. The molecular weight excluding hydrogens is 360 g/mol. The third-order valence-corrected chi connectivity index (χ3v) is 4.59. The van der Waals surface area contributed by atoms with Crippen molar-refractivity contribution in [3.8, 4) is 11.4 Å². The lowest BCUT2D eigenvalue weighted by Crippen LogP contribution is -2.08. The van der Waals surface area contributed by atoms with Gasteiger partial charge in [0, 0.05) is 23.7 Å². The Labute approximate surface area is 163 Å². The Morgan fingerprint density at radius 1 is 0.963 bits per heavy atom. The standard InChI is InChI=1S/C21H21ClN4O/c1-14(2)27-13-5-12-26-20(15-8-10-16(22)11-9-15)25-19-21(26)24-18-7-4-3-6-17(18)23-19/h3-4,6-11,14H,5,12-13H2,1-2H3. The van der Waals surface area contributed by atoms with Crippen LogP contribution in [-0.4, -0.2) is 32.2 Å². The first-order chi connectivity index (χ1) is 13.1. The minimum atomic E-state index is 0.226. The van der Waals surface area contributed by atoms with Gasteiger partial charge in [-0.15, -0.1) is 0 Å². The number of nitrogens with zero attached hydrogens (tertiary/aromatic N) is 4. The normalized spacial score (nSPS) is 11.7. The summed E-state index contributed by atoms with van der Waals surface area (Å²) in [7, 11) is 0. The van der Waals surface area contributed by atoms with Crippen molar-refractivity contribution in [3.63, 3.8) is 0 Å². The Hall–Kier alpha value is -2.50. The van der Waals surface area contributed by atoms with E-state index >= 15 is 0 Å². The van der Waals surface area contributed by atoms with Gasteiger partial charge in [-0.25, -0.2) is 15.0 Å². The predicted octanol–water partition coefficient (Wildman–Crippen LogP) is 5.12. The van der Waals surface area contributed by atoms with Crippen LogP contribution < -0.4 is 0 Å². The molecule has 2 aromatic heterocycles. The Balaban J connectivity index is 1.80. The minimum Gasteiger partial charge on any atom is -0.379 e. The molecule has 2 heterocycles. The molecule has 0 bridgehead atoms. The largest absolute Gasteiger partial charge is 0.379 e. The number of para-hydroxylation sites is 2. The molecule has 4 aromatic rings. The van der Waals surface area contributed by atoms with E-state index in [0.29, 0.717) is 17.3 Å². The molecule has 0 radical (unpaired) electrons. The first kappa shape index (κ1) is 17.9. The Morgan fingerprint density at radius 3 is 2.37 bits per heavy atom. The lowest BCUT2D eigenvalue weighted by Gasteiger charge is -2.11. The van der Waals surface area contributed by atoms with E-state index in [4.69, 9.17) is 31.3 Å². The van der Waals surface area contributed by atoms with E-state index in [0.717, 1.165) is 41.0 Å². The molecule has 0 saturated carbocycles. The highest BCUT2D eigenvalue weighted by atomic mass is 35.5. The second-order valence-electron chi connectivity index (χ2n) is 6.73. The number of aryl methyl sites for hydroxylation is 1. The number of benzene rings is 2. The summed E-state index contributed by atoms with van der Waals surface area (Å²) in [4.78, 5) is 14.3. The van der Waals surface area contributed by atoms with E-state index in [9.17, 15) is 0 Å². The van der Waals surface area contributed by atoms with Gasteiger partial charge in [-0.05, 0) is 56.7 Å². The SMILES string of the molecule is CC(C)OCCCn1c(-c2ccc(Cl)cc2)nc2nc3ccccc3nc21. The van der Waals surface area contributed by atoms with Crippen LogP contribution in [-0.2, 0) is 11.3 Å². The first-order valence-corrected chi connectivity index (χ1v) is 9.50. The smallest absolute Gasteiger partial charge is 0.198 e. The van der Waals surface area contributed by atoms with Crippen LogP contribution in [0.5, 0.6) is 0 Å². The molecule has 0 aliphatic rings.